The number of nitrogens with zero attached hydrogens (tertiary/aromatic N) is 1. The minimum atomic E-state index is -4.03. The van der Waals surface area contributed by atoms with Gasteiger partial charge in [0.05, 0.1) is 5.71 Å². The quantitative estimate of drug-likeness (QED) is 0.499. The van der Waals surface area contributed by atoms with E-state index < -0.39 is 10.1 Å². The molecule has 0 spiro atoms. The lowest BCUT2D eigenvalue weighted by molar-refractivity contribution is 0.338. The van der Waals surface area contributed by atoms with E-state index in [0.717, 1.165) is 10.8 Å². The van der Waals surface area contributed by atoms with Crippen LogP contribution in [-0.4, -0.2) is 14.1 Å². The first-order valence-corrected chi connectivity index (χ1v) is 9.15. The topological polar surface area (TPSA) is 55.7 Å². The molecule has 0 heterocycles. The first-order chi connectivity index (χ1) is 12.0. The van der Waals surface area contributed by atoms with Gasteiger partial charge in [0, 0.05) is 0 Å². The number of halogens is 1. The zero-order chi connectivity index (χ0) is 17.9. The summed E-state index contributed by atoms with van der Waals surface area (Å²) in [6.45, 7) is 1.81. The van der Waals surface area contributed by atoms with Crippen molar-refractivity contribution >= 4 is 26.6 Å². The van der Waals surface area contributed by atoms with Gasteiger partial charge in [0.1, 0.15) is 10.7 Å². The number of benzene rings is 3. The van der Waals surface area contributed by atoms with Crippen molar-refractivity contribution in [2.24, 2.45) is 5.16 Å². The average Bonchev–Trinajstić information content (AvgIpc) is 2.63. The SMILES string of the molecule is CCC(=NOS(=O)(=O)c1ccc2ccccc2c1)c1ccc(F)cc1. The van der Waals surface area contributed by atoms with Crippen LogP contribution in [0.1, 0.15) is 18.9 Å². The molecule has 0 atom stereocenters. The molecule has 0 saturated heterocycles. The minimum absolute atomic E-state index is 0.0320. The van der Waals surface area contributed by atoms with E-state index in [4.69, 9.17) is 4.28 Å². The van der Waals surface area contributed by atoms with Gasteiger partial charge in [0.2, 0.25) is 0 Å². The molecule has 3 aromatic rings. The van der Waals surface area contributed by atoms with Gasteiger partial charge < -0.3 is 0 Å². The van der Waals surface area contributed by atoms with Crippen LogP contribution in [0.5, 0.6) is 0 Å². The average molecular weight is 357 g/mol. The molecule has 0 aliphatic rings. The largest absolute Gasteiger partial charge is 0.358 e. The van der Waals surface area contributed by atoms with E-state index in [9.17, 15) is 12.8 Å². The summed E-state index contributed by atoms with van der Waals surface area (Å²) in [5, 5.41) is 5.51. The molecule has 0 fully saturated rings. The Morgan fingerprint density at radius 3 is 2.36 bits per heavy atom. The highest BCUT2D eigenvalue weighted by atomic mass is 32.2. The Morgan fingerprint density at radius 1 is 1.00 bits per heavy atom. The van der Waals surface area contributed by atoms with Gasteiger partial charge in [0.15, 0.2) is 0 Å². The Bertz CT molecular complexity index is 1030. The number of hydrogen-bond acceptors (Lipinski definition) is 4. The molecular weight excluding hydrogens is 341 g/mol. The van der Waals surface area contributed by atoms with Crippen LogP contribution in [0.2, 0.25) is 0 Å². The molecule has 0 bridgehead atoms. The van der Waals surface area contributed by atoms with Crippen LogP contribution in [0, 0.1) is 5.82 Å². The Balaban J connectivity index is 1.89. The zero-order valence-electron chi connectivity index (χ0n) is 13.5. The smallest absolute Gasteiger partial charge is 0.264 e. The van der Waals surface area contributed by atoms with Crippen molar-refractivity contribution in [1.29, 1.82) is 0 Å². The molecule has 0 amide bonds. The fourth-order valence-corrected chi connectivity index (χ4v) is 3.20. The lowest BCUT2D eigenvalue weighted by atomic mass is 10.1. The minimum Gasteiger partial charge on any atom is -0.264 e. The Hall–Kier alpha value is -2.73. The fourth-order valence-electron chi connectivity index (χ4n) is 2.42. The van der Waals surface area contributed by atoms with Gasteiger partial charge in [-0.2, -0.15) is 8.42 Å². The van der Waals surface area contributed by atoms with E-state index in [1.54, 1.807) is 12.1 Å². The van der Waals surface area contributed by atoms with Crippen molar-refractivity contribution in [3.05, 3.63) is 78.1 Å². The highest BCUT2D eigenvalue weighted by molar-refractivity contribution is 7.86. The first kappa shape index (κ1) is 17.1. The maximum Gasteiger partial charge on any atom is 0.358 e. The Labute approximate surface area is 145 Å². The molecule has 0 unspecified atom stereocenters. The molecule has 3 rings (SSSR count). The summed E-state index contributed by atoms with van der Waals surface area (Å²) in [6, 6.07) is 17.8. The molecule has 3 aromatic carbocycles. The summed E-state index contributed by atoms with van der Waals surface area (Å²) < 4.78 is 42.7. The van der Waals surface area contributed by atoms with E-state index in [0.29, 0.717) is 17.7 Å². The van der Waals surface area contributed by atoms with Gasteiger partial charge in [-0.3, -0.25) is 4.28 Å². The van der Waals surface area contributed by atoms with Crippen LogP contribution in [0.15, 0.2) is 76.8 Å². The molecule has 128 valence electrons. The van der Waals surface area contributed by atoms with Crippen molar-refractivity contribution in [1.82, 2.24) is 0 Å². The third kappa shape index (κ3) is 3.85. The van der Waals surface area contributed by atoms with Crippen molar-refractivity contribution in [3.8, 4) is 0 Å². The molecule has 25 heavy (non-hydrogen) atoms. The standard InChI is InChI=1S/C19H16FNO3S/c1-2-19(15-7-10-17(20)11-8-15)21-24-25(22,23)18-12-9-14-5-3-4-6-16(14)13-18/h3-13H,2H2,1H3. The summed E-state index contributed by atoms with van der Waals surface area (Å²) in [4.78, 5) is 0.0320. The van der Waals surface area contributed by atoms with E-state index in [-0.39, 0.29) is 10.7 Å². The fraction of sp³-hybridized carbons (Fsp3) is 0.105. The van der Waals surface area contributed by atoms with Gasteiger partial charge in [-0.05, 0) is 47.0 Å². The number of oxime groups is 1. The lowest BCUT2D eigenvalue weighted by Crippen LogP contribution is -2.06. The lowest BCUT2D eigenvalue weighted by Gasteiger charge is -2.06. The monoisotopic (exact) mass is 357 g/mol. The third-order valence-electron chi connectivity index (χ3n) is 3.77. The van der Waals surface area contributed by atoms with Crippen LogP contribution in [-0.2, 0) is 14.4 Å². The molecule has 4 nitrogen and oxygen atoms in total. The Kier molecular flexibility index (Phi) is 4.81. The zero-order valence-corrected chi connectivity index (χ0v) is 14.3. The van der Waals surface area contributed by atoms with E-state index >= 15 is 0 Å². The van der Waals surface area contributed by atoms with Gasteiger partial charge in [-0.1, -0.05) is 54.5 Å². The molecular formula is C19H16FNO3S. The van der Waals surface area contributed by atoms with Crippen LogP contribution in [0.25, 0.3) is 10.8 Å². The van der Waals surface area contributed by atoms with Crippen LogP contribution >= 0.6 is 0 Å². The highest BCUT2D eigenvalue weighted by Gasteiger charge is 2.17. The van der Waals surface area contributed by atoms with Gasteiger partial charge in [-0.25, -0.2) is 4.39 Å². The predicted octanol–water partition coefficient (Wildman–Crippen LogP) is 4.50. The molecule has 0 aliphatic carbocycles. The summed E-state index contributed by atoms with van der Waals surface area (Å²) in [5.74, 6) is -0.371. The van der Waals surface area contributed by atoms with Crippen molar-refractivity contribution < 1.29 is 17.1 Å². The van der Waals surface area contributed by atoms with Gasteiger partial charge >= 0.3 is 10.1 Å². The van der Waals surface area contributed by atoms with Gasteiger partial charge in [-0.15, -0.1) is 0 Å². The maximum atomic E-state index is 13.0. The molecule has 0 aliphatic heterocycles. The number of fused-ring (bicyclic) bond motifs is 1. The van der Waals surface area contributed by atoms with Crippen LogP contribution in [0.3, 0.4) is 0 Å². The van der Waals surface area contributed by atoms with Crippen molar-refractivity contribution in [2.75, 3.05) is 0 Å². The summed E-state index contributed by atoms with van der Waals surface area (Å²) in [5.41, 5.74) is 1.03. The van der Waals surface area contributed by atoms with E-state index in [2.05, 4.69) is 5.16 Å². The highest BCUT2D eigenvalue weighted by Crippen LogP contribution is 2.21. The van der Waals surface area contributed by atoms with Crippen molar-refractivity contribution in [2.45, 2.75) is 18.2 Å². The van der Waals surface area contributed by atoms with E-state index in [1.807, 2.05) is 31.2 Å². The second-order valence-corrected chi connectivity index (χ2v) is 6.96. The molecule has 0 radical (unpaired) electrons. The number of hydrogen-bond donors (Lipinski definition) is 0. The predicted molar refractivity (Wildman–Crippen MR) is 95.4 cm³/mol. The normalized spacial score (nSPS) is 12.3. The summed E-state index contributed by atoms with van der Waals surface area (Å²) in [6.07, 6.45) is 0.443. The van der Waals surface area contributed by atoms with Crippen LogP contribution < -0.4 is 0 Å². The molecule has 0 saturated carbocycles. The summed E-state index contributed by atoms with van der Waals surface area (Å²) >= 11 is 0. The maximum absolute atomic E-state index is 13.0. The summed E-state index contributed by atoms with van der Waals surface area (Å²) in [7, 11) is -4.03. The number of rotatable bonds is 5. The Morgan fingerprint density at radius 2 is 1.68 bits per heavy atom. The van der Waals surface area contributed by atoms with Crippen LogP contribution in [0.4, 0.5) is 4.39 Å². The first-order valence-electron chi connectivity index (χ1n) is 7.75. The van der Waals surface area contributed by atoms with Crippen molar-refractivity contribution in [3.63, 3.8) is 0 Å². The van der Waals surface area contributed by atoms with E-state index in [1.165, 1.54) is 30.3 Å². The molecule has 6 heteroatoms. The third-order valence-corrected chi connectivity index (χ3v) is 4.87. The van der Waals surface area contributed by atoms with Gasteiger partial charge in [0.25, 0.3) is 0 Å². The second kappa shape index (κ2) is 7.03. The second-order valence-electron chi connectivity index (χ2n) is 5.44. The molecule has 0 N–H and O–H groups in total. The molecule has 0 aromatic heterocycles.